The molecule has 0 spiro atoms. The molecule has 0 saturated carbocycles. The van der Waals surface area contributed by atoms with Gasteiger partial charge in [0.25, 0.3) is 0 Å². The maximum Gasteiger partial charge on any atom is 0.146 e. The number of hydrogen-bond acceptors (Lipinski definition) is 4. The number of rotatable bonds is 3. The Morgan fingerprint density at radius 3 is 2.26 bits per heavy atom. The zero-order valence-electron chi connectivity index (χ0n) is 22.9. The van der Waals surface area contributed by atoms with Crippen LogP contribution in [0.3, 0.4) is 0 Å². The third-order valence-electron chi connectivity index (χ3n) is 8.50. The van der Waals surface area contributed by atoms with Gasteiger partial charge in [0.05, 0.1) is 27.6 Å². The van der Waals surface area contributed by atoms with Crippen molar-refractivity contribution in [1.82, 2.24) is 19.4 Å². The van der Waals surface area contributed by atoms with E-state index >= 15 is 0 Å². The quantitative estimate of drug-likeness (QED) is 0.158. The van der Waals surface area contributed by atoms with E-state index in [9.17, 15) is 0 Å². The molecule has 5 aromatic carbocycles. The number of imidazole rings is 1. The highest BCUT2D eigenvalue weighted by Gasteiger charge is 2.30. The van der Waals surface area contributed by atoms with Gasteiger partial charge in [-0.25, -0.2) is 4.98 Å². The van der Waals surface area contributed by atoms with E-state index < -0.39 is 6.04 Å². The van der Waals surface area contributed by atoms with Crippen molar-refractivity contribution in [3.8, 4) is 0 Å². The molecule has 0 saturated heterocycles. The molecular weight excluding hydrogens is 563 g/mol. The van der Waals surface area contributed by atoms with Gasteiger partial charge in [0, 0.05) is 50.6 Å². The fourth-order valence-corrected chi connectivity index (χ4v) is 10.3. The van der Waals surface area contributed by atoms with E-state index in [1.54, 1.807) is 0 Å². The van der Waals surface area contributed by atoms with Gasteiger partial charge in [0.2, 0.25) is 0 Å². The van der Waals surface area contributed by atoms with Crippen LogP contribution in [-0.4, -0.2) is 19.4 Å². The third kappa shape index (κ3) is 3.56. The van der Waals surface area contributed by atoms with Gasteiger partial charge in [-0.3, -0.25) is 14.4 Å². The van der Waals surface area contributed by atoms with Crippen LogP contribution in [0.4, 0.5) is 0 Å². The molecule has 0 aliphatic heterocycles. The van der Waals surface area contributed by atoms with E-state index in [0.717, 1.165) is 65.3 Å². The van der Waals surface area contributed by atoms with Crippen LogP contribution in [-0.2, 0) is 11.8 Å². The first-order chi connectivity index (χ1) is 21.2. The Morgan fingerprint density at radius 1 is 0.558 bits per heavy atom. The van der Waals surface area contributed by atoms with Gasteiger partial charge < -0.3 is 0 Å². The molecule has 4 aromatic heterocycles. The lowest BCUT2D eigenvalue weighted by Gasteiger charge is -2.24. The summed E-state index contributed by atoms with van der Waals surface area (Å²) in [6.07, 6.45) is 3.82. The van der Waals surface area contributed by atoms with Gasteiger partial charge in [0.15, 0.2) is 0 Å². The van der Waals surface area contributed by atoms with Crippen LogP contribution >= 0.6 is 6.04 Å². The van der Waals surface area contributed by atoms with Gasteiger partial charge in [0.1, 0.15) is 5.65 Å². The average molecular weight is 587 g/mol. The molecule has 0 amide bonds. The number of benzene rings is 5. The van der Waals surface area contributed by atoms with Crippen LogP contribution in [0.5, 0.6) is 0 Å². The fourth-order valence-electron chi connectivity index (χ4n) is 6.48. The Hall–Kier alpha value is -4.96. The summed E-state index contributed by atoms with van der Waals surface area (Å²) >= 11 is 6.95. The normalized spacial score (nSPS) is 13.4. The lowest BCUT2D eigenvalue weighted by molar-refractivity contribution is 1.31. The second-order valence-electron chi connectivity index (χ2n) is 10.9. The number of aromatic nitrogens is 4. The third-order valence-corrected chi connectivity index (χ3v) is 13.4. The van der Waals surface area contributed by atoms with Crippen molar-refractivity contribution in [2.45, 2.75) is 0 Å². The zero-order valence-corrected chi connectivity index (χ0v) is 24.6. The summed E-state index contributed by atoms with van der Waals surface area (Å²) in [5, 5.41) is 8.86. The zero-order chi connectivity index (χ0) is 28.5. The van der Waals surface area contributed by atoms with Crippen molar-refractivity contribution in [3.05, 3.63) is 140 Å². The molecular formula is C37H23N4PS. The highest BCUT2D eigenvalue weighted by atomic mass is 32.4. The van der Waals surface area contributed by atoms with Gasteiger partial charge in [-0.1, -0.05) is 103 Å². The second-order valence-corrected chi connectivity index (χ2v) is 15.2. The predicted octanol–water partition coefficient (Wildman–Crippen LogP) is 7.65. The predicted molar refractivity (Wildman–Crippen MR) is 184 cm³/mol. The maximum absolute atomic E-state index is 6.95. The first-order valence-corrected chi connectivity index (χ1v) is 17.0. The topological polar surface area (TPSA) is 43.1 Å². The minimum Gasteiger partial charge on any atom is -0.292 e. The van der Waals surface area contributed by atoms with Crippen molar-refractivity contribution in [3.63, 3.8) is 0 Å². The van der Waals surface area contributed by atoms with Crippen molar-refractivity contribution >= 4 is 93.9 Å². The van der Waals surface area contributed by atoms with Crippen molar-refractivity contribution in [1.29, 1.82) is 0 Å². The van der Waals surface area contributed by atoms with E-state index in [1.165, 1.54) is 10.8 Å². The number of hydrogen-bond donors (Lipinski definition) is 0. The van der Waals surface area contributed by atoms with Crippen LogP contribution in [0.1, 0.15) is 0 Å². The Morgan fingerprint density at radius 2 is 1.33 bits per heavy atom. The smallest absolute Gasteiger partial charge is 0.146 e. The second kappa shape index (κ2) is 9.27. The standard InChI is InChI=1S/C37H23N4PS/c43-42(26-19-18-24-10-8-20-38-32(24)22-26,27-21-25-9-1-5-14-31(25)39-23-27)35-17-7-16-34-36(35)40-37-30-13-3-2-11-28(30)29-12-4-6-15-33(29)41(34)37/h1-23H. The number of pyridine rings is 3. The van der Waals surface area contributed by atoms with Crippen LogP contribution in [0.2, 0.25) is 0 Å². The summed E-state index contributed by atoms with van der Waals surface area (Å²) in [5.41, 5.74) is 5.94. The molecule has 4 heterocycles. The van der Waals surface area contributed by atoms with Gasteiger partial charge in [-0.15, -0.1) is 0 Å². The molecule has 0 aliphatic carbocycles. The molecule has 43 heavy (non-hydrogen) atoms. The maximum atomic E-state index is 6.95. The Balaban J connectivity index is 1.43. The van der Waals surface area contributed by atoms with E-state index in [1.807, 2.05) is 30.6 Å². The van der Waals surface area contributed by atoms with Gasteiger partial charge in [-0.2, -0.15) is 0 Å². The summed E-state index contributed by atoms with van der Waals surface area (Å²) in [6.45, 7) is 0. The lowest BCUT2D eigenvalue weighted by Crippen LogP contribution is -2.26. The highest BCUT2D eigenvalue weighted by molar-refractivity contribution is 8.25. The molecule has 0 bridgehead atoms. The molecule has 1 unspecified atom stereocenters. The minimum atomic E-state index is -2.65. The minimum absolute atomic E-state index is 0.932. The van der Waals surface area contributed by atoms with Crippen LogP contribution in [0.15, 0.2) is 140 Å². The largest absolute Gasteiger partial charge is 0.292 e. The van der Waals surface area contributed by atoms with Gasteiger partial charge in [-0.05, 0) is 47.1 Å². The fraction of sp³-hybridized carbons (Fsp3) is 0. The summed E-state index contributed by atoms with van der Waals surface area (Å²) in [6, 6.07) is 41.9. The molecule has 4 nitrogen and oxygen atoms in total. The summed E-state index contributed by atoms with van der Waals surface area (Å²) in [7, 11) is 0. The van der Waals surface area contributed by atoms with E-state index in [0.29, 0.717) is 0 Å². The van der Waals surface area contributed by atoms with E-state index in [-0.39, 0.29) is 0 Å². The van der Waals surface area contributed by atoms with Crippen molar-refractivity contribution < 1.29 is 0 Å². The number of fused-ring (bicyclic) bond motifs is 10. The van der Waals surface area contributed by atoms with E-state index in [2.05, 4.69) is 114 Å². The van der Waals surface area contributed by atoms with Crippen LogP contribution in [0.25, 0.3) is 60.2 Å². The molecule has 202 valence electrons. The van der Waals surface area contributed by atoms with Crippen molar-refractivity contribution in [2.24, 2.45) is 0 Å². The Bertz CT molecular complexity index is 2540. The first-order valence-electron chi connectivity index (χ1n) is 14.2. The summed E-state index contributed by atoms with van der Waals surface area (Å²) in [4.78, 5) is 15.0. The number of nitrogens with zero attached hydrogens (tertiary/aromatic N) is 4. The summed E-state index contributed by atoms with van der Waals surface area (Å²) < 4.78 is 2.30. The SMILES string of the molecule is S=P(c1cnc2ccccc2c1)(c1ccc2cccnc2c1)c1cccc2c1nc1c3ccccc3c3ccccc3n21. The lowest BCUT2D eigenvalue weighted by atomic mass is 10.1. The van der Waals surface area contributed by atoms with Gasteiger partial charge >= 0.3 is 0 Å². The van der Waals surface area contributed by atoms with E-state index in [4.69, 9.17) is 26.8 Å². The highest BCUT2D eigenvalue weighted by Crippen LogP contribution is 2.46. The summed E-state index contributed by atoms with van der Waals surface area (Å²) in [5.74, 6) is 0. The molecule has 0 fully saturated rings. The molecule has 0 aliphatic rings. The molecule has 0 N–H and O–H groups in total. The molecule has 9 rings (SSSR count). The molecule has 0 radical (unpaired) electrons. The Labute approximate surface area is 252 Å². The molecule has 6 heteroatoms. The number of para-hydroxylation sites is 3. The van der Waals surface area contributed by atoms with Crippen LogP contribution < -0.4 is 15.9 Å². The molecule has 1 atom stereocenters. The van der Waals surface area contributed by atoms with Crippen LogP contribution in [0, 0.1) is 0 Å². The average Bonchev–Trinajstić information content (AvgIpc) is 3.48. The monoisotopic (exact) mass is 586 g/mol. The molecule has 9 aromatic rings. The van der Waals surface area contributed by atoms with Crippen molar-refractivity contribution in [2.75, 3.05) is 0 Å². The Kier molecular flexibility index (Phi) is 5.31. The first kappa shape index (κ1) is 24.6.